The Morgan fingerprint density at radius 1 is 0.872 bits per heavy atom. The van der Waals surface area contributed by atoms with Crippen molar-refractivity contribution in [3.63, 3.8) is 0 Å². The first kappa shape index (κ1) is 29.7. The summed E-state index contributed by atoms with van der Waals surface area (Å²) in [6.07, 6.45) is 0.374. The summed E-state index contributed by atoms with van der Waals surface area (Å²) < 4.78 is 34.0. The van der Waals surface area contributed by atoms with E-state index in [1.54, 1.807) is 36.4 Å². The minimum absolute atomic E-state index is 0.0255. The number of aryl methyl sites for hydroxylation is 2. The van der Waals surface area contributed by atoms with Gasteiger partial charge < -0.3 is 15.0 Å². The van der Waals surface area contributed by atoms with Gasteiger partial charge in [0.2, 0.25) is 11.8 Å². The van der Waals surface area contributed by atoms with Crippen LogP contribution >= 0.6 is 0 Å². The number of rotatable bonds is 12. The Morgan fingerprint density at radius 2 is 1.44 bits per heavy atom. The van der Waals surface area contributed by atoms with E-state index >= 15 is 0 Å². The SMILES string of the molecule is CCNC(=O)C(CC)N(Cc1ccc(C)cc1)C(=O)CN(c1ccc(C)cc1)S(=O)(=O)c1ccc(OC)cc1. The van der Waals surface area contributed by atoms with Crippen LogP contribution in [0.4, 0.5) is 5.69 Å². The van der Waals surface area contributed by atoms with Gasteiger partial charge in [-0.3, -0.25) is 13.9 Å². The van der Waals surface area contributed by atoms with Crippen molar-refractivity contribution in [2.24, 2.45) is 0 Å². The van der Waals surface area contributed by atoms with Gasteiger partial charge in [-0.25, -0.2) is 8.42 Å². The summed E-state index contributed by atoms with van der Waals surface area (Å²) in [6, 6.07) is 19.9. The van der Waals surface area contributed by atoms with Crippen LogP contribution in [-0.4, -0.2) is 51.4 Å². The van der Waals surface area contributed by atoms with Gasteiger partial charge in [0.25, 0.3) is 10.0 Å². The molecule has 3 aromatic carbocycles. The first-order valence-corrected chi connectivity index (χ1v) is 14.4. The van der Waals surface area contributed by atoms with Crippen molar-refractivity contribution in [3.8, 4) is 5.75 Å². The molecule has 3 aromatic rings. The van der Waals surface area contributed by atoms with E-state index in [2.05, 4.69) is 5.32 Å². The molecule has 3 rings (SSSR count). The van der Waals surface area contributed by atoms with Gasteiger partial charge in [0.1, 0.15) is 18.3 Å². The molecule has 0 saturated heterocycles. The van der Waals surface area contributed by atoms with E-state index in [-0.39, 0.29) is 17.3 Å². The Labute approximate surface area is 231 Å². The summed E-state index contributed by atoms with van der Waals surface area (Å²) in [4.78, 5) is 28.5. The summed E-state index contributed by atoms with van der Waals surface area (Å²) in [7, 11) is -2.63. The Kier molecular flexibility index (Phi) is 10.1. The van der Waals surface area contributed by atoms with Gasteiger partial charge in [0, 0.05) is 13.1 Å². The number of anilines is 1. The molecule has 0 fully saturated rings. The maximum atomic E-state index is 14.0. The highest BCUT2D eigenvalue weighted by Gasteiger charge is 2.33. The molecule has 0 radical (unpaired) electrons. The lowest BCUT2D eigenvalue weighted by molar-refractivity contribution is -0.140. The van der Waals surface area contributed by atoms with Crippen LogP contribution in [0.25, 0.3) is 0 Å². The summed E-state index contributed by atoms with van der Waals surface area (Å²) in [5, 5.41) is 2.81. The van der Waals surface area contributed by atoms with Gasteiger partial charge >= 0.3 is 0 Å². The van der Waals surface area contributed by atoms with Gasteiger partial charge in [-0.2, -0.15) is 0 Å². The number of carbonyl (C=O) groups is 2. The van der Waals surface area contributed by atoms with Crippen LogP contribution in [0.5, 0.6) is 5.75 Å². The van der Waals surface area contributed by atoms with Crippen molar-refractivity contribution in [2.75, 3.05) is 24.5 Å². The molecule has 208 valence electrons. The fraction of sp³-hybridized carbons (Fsp3) is 0.333. The third-order valence-electron chi connectivity index (χ3n) is 6.46. The molecule has 0 aliphatic rings. The van der Waals surface area contributed by atoms with E-state index in [1.165, 1.54) is 24.1 Å². The van der Waals surface area contributed by atoms with Crippen LogP contribution in [0.15, 0.2) is 77.7 Å². The highest BCUT2D eigenvalue weighted by Crippen LogP contribution is 2.26. The third-order valence-corrected chi connectivity index (χ3v) is 8.25. The number of nitrogens with one attached hydrogen (secondary N) is 1. The van der Waals surface area contributed by atoms with Crippen LogP contribution in [0.1, 0.15) is 37.0 Å². The number of benzene rings is 3. The largest absolute Gasteiger partial charge is 0.497 e. The average Bonchev–Trinajstić information content (AvgIpc) is 2.93. The number of methoxy groups -OCH3 is 1. The molecule has 0 heterocycles. The van der Waals surface area contributed by atoms with Crippen molar-refractivity contribution in [2.45, 2.75) is 51.6 Å². The zero-order valence-electron chi connectivity index (χ0n) is 23.2. The standard InChI is InChI=1S/C30H37N3O5S/c1-6-28(30(35)31-7-2)32(20-24-12-8-22(3)9-13-24)29(34)21-33(25-14-10-23(4)11-15-25)39(36,37)27-18-16-26(38-5)17-19-27/h8-19,28H,6-7,20-21H2,1-5H3,(H,31,35). The fourth-order valence-corrected chi connectivity index (χ4v) is 5.63. The third kappa shape index (κ3) is 7.38. The lowest BCUT2D eigenvalue weighted by Gasteiger charge is -2.33. The summed E-state index contributed by atoms with van der Waals surface area (Å²) in [5.74, 6) is -0.240. The van der Waals surface area contributed by atoms with E-state index in [9.17, 15) is 18.0 Å². The van der Waals surface area contributed by atoms with Crippen molar-refractivity contribution in [1.82, 2.24) is 10.2 Å². The molecule has 0 saturated carbocycles. The number of nitrogens with zero attached hydrogens (tertiary/aromatic N) is 2. The zero-order chi connectivity index (χ0) is 28.6. The van der Waals surface area contributed by atoms with Crippen molar-refractivity contribution >= 4 is 27.5 Å². The maximum Gasteiger partial charge on any atom is 0.264 e. The van der Waals surface area contributed by atoms with Crippen molar-refractivity contribution in [1.29, 1.82) is 0 Å². The van der Waals surface area contributed by atoms with Gasteiger partial charge in [-0.15, -0.1) is 0 Å². The molecule has 1 unspecified atom stereocenters. The minimum atomic E-state index is -4.13. The van der Waals surface area contributed by atoms with Crippen LogP contribution in [-0.2, 0) is 26.2 Å². The predicted molar refractivity (Wildman–Crippen MR) is 153 cm³/mol. The monoisotopic (exact) mass is 551 g/mol. The number of sulfonamides is 1. The zero-order valence-corrected chi connectivity index (χ0v) is 24.0. The first-order chi connectivity index (χ1) is 18.6. The Morgan fingerprint density at radius 3 is 1.95 bits per heavy atom. The second kappa shape index (κ2) is 13.3. The number of amides is 2. The molecule has 0 spiro atoms. The minimum Gasteiger partial charge on any atom is -0.497 e. The topological polar surface area (TPSA) is 96.0 Å². The van der Waals surface area contributed by atoms with Crippen molar-refractivity contribution in [3.05, 3.63) is 89.5 Å². The van der Waals surface area contributed by atoms with Gasteiger partial charge in [0.05, 0.1) is 17.7 Å². The summed E-state index contributed by atoms with van der Waals surface area (Å²) in [5.41, 5.74) is 3.22. The number of carbonyl (C=O) groups excluding carboxylic acids is 2. The van der Waals surface area contributed by atoms with Crippen LogP contribution in [0, 0.1) is 13.8 Å². The van der Waals surface area contributed by atoms with Crippen LogP contribution in [0.2, 0.25) is 0 Å². The highest BCUT2D eigenvalue weighted by molar-refractivity contribution is 7.92. The molecule has 0 aromatic heterocycles. The molecule has 39 heavy (non-hydrogen) atoms. The number of likely N-dealkylation sites (N-methyl/N-ethyl adjacent to an activating group) is 1. The van der Waals surface area contributed by atoms with E-state index in [0.717, 1.165) is 21.0 Å². The quantitative estimate of drug-likeness (QED) is 0.359. The Hall–Kier alpha value is -3.85. The Bertz CT molecular complexity index is 1360. The molecule has 8 nitrogen and oxygen atoms in total. The smallest absolute Gasteiger partial charge is 0.264 e. The molecule has 2 amide bonds. The molecule has 1 atom stereocenters. The number of hydrogen-bond acceptors (Lipinski definition) is 5. The predicted octanol–water partition coefficient (Wildman–Crippen LogP) is 4.45. The summed E-state index contributed by atoms with van der Waals surface area (Å²) in [6.45, 7) is 7.64. The number of ether oxygens (including phenoxy) is 1. The molecular weight excluding hydrogens is 514 g/mol. The van der Waals surface area contributed by atoms with Crippen molar-refractivity contribution < 1.29 is 22.7 Å². The van der Waals surface area contributed by atoms with E-state index in [0.29, 0.717) is 24.4 Å². The van der Waals surface area contributed by atoms with Crippen LogP contribution in [0.3, 0.4) is 0 Å². The maximum absolute atomic E-state index is 14.0. The van der Waals surface area contributed by atoms with Crippen LogP contribution < -0.4 is 14.4 Å². The molecular formula is C30H37N3O5S. The Balaban J connectivity index is 2.04. The first-order valence-electron chi connectivity index (χ1n) is 13.0. The number of hydrogen-bond donors (Lipinski definition) is 1. The second-order valence-corrected chi connectivity index (χ2v) is 11.2. The molecule has 9 heteroatoms. The molecule has 0 aliphatic heterocycles. The molecule has 1 N–H and O–H groups in total. The second-order valence-electron chi connectivity index (χ2n) is 9.35. The van der Waals surface area contributed by atoms with Gasteiger partial charge in [-0.1, -0.05) is 54.4 Å². The molecule has 0 bridgehead atoms. The van der Waals surface area contributed by atoms with E-state index in [4.69, 9.17) is 4.74 Å². The highest BCUT2D eigenvalue weighted by atomic mass is 32.2. The van der Waals surface area contributed by atoms with Gasteiger partial charge in [-0.05, 0) is 69.2 Å². The van der Waals surface area contributed by atoms with Gasteiger partial charge in [0.15, 0.2) is 0 Å². The van der Waals surface area contributed by atoms with E-state index in [1.807, 2.05) is 52.0 Å². The lowest BCUT2D eigenvalue weighted by atomic mass is 10.1. The molecule has 0 aliphatic carbocycles. The normalized spacial score (nSPS) is 11.9. The fourth-order valence-electron chi connectivity index (χ4n) is 4.22. The lowest BCUT2D eigenvalue weighted by Crippen LogP contribution is -2.52. The average molecular weight is 552 g/mol. The summed E-state index contributed by atoms with van der Waals surface area (Å²) >= 11 is 0. The van der Waals surface area contributed by atoms with E-state index < -0.39 is 28.5 Å².